The Hall–Kier alpha value is -3.55. The number of phenols is 2. The van der Waals surface area contributed by atoms with Gasteiger partial charge in [-0.05, 0) is 80.7 Å². The molecule has 0 radical (unpaired) electrons. The molecule has 0 bridgehead atoms. The maximum atomic E-state index is 12.6. The summed E-state index contributed by atoms with van der Waals surface area (Å²) in [5, 5.41) is 21.9. The molecule has 268 valence electrons. The quantitative estimate of drug-likeness (QED) is 0.185. The Morgan fingerprint density at radius 2 is 0.854 bits per heavy atom. The number of esters is 2. The average Bonchev–Trinajstić information content (AvgIpc) is 2.92. The molecule has 2 aromatic rings. The van der Waals surface area contributed by atoms with Crippen molar-refractivity contribution >= 4 is 17.8 Å². The molecule has 0 unspecified atom stereocenters. The Morgan fingerprint density at radius 3 is 1.08 bits per heavy atom. The number of carbonyl (C=O) groups is 3. The van der Waals surface area contributed by atoms with Gasteiger partial charge in [0.15, 0.2) is 0 Å². The fraction of sp³-hybridized carbons (Fsp3) is 0.625. The molecule has 8 nitrogen and oxygen atoms in total. The number of aryl methyl sites for hydroxylation is 2. The third-order valence-corrected chi connectivity index (χ3v) is 8.67. The van der Waals surface area contributed by atoms with Gasteiger partial charge < -0.3 is 25.4 Å². The number of rotatable bonds is 13. The number of hydrogen-bond donors (Lipinski definition) is 3. The number of primary amides is 1. The number of amides is 1. The number of carbonyl (C=O) groups excluding carboxylic acids is 3. The van der Waals surface area contributed by atoms with Crippen molar-refractivity contribution in [2.75, 3.05) is 13.2 Å². The van der Waals surface area contributed by atoms with Crippen LogP contribution in [0.5, 0.6) is 11.5 Å². The molecule has 48 heavy (non-hydrogen) atoms. The Labute approximate surface area is 288 Å². The van der Waals surface area contributed by atoms with Crippen molar-refractivity contribution in [2.45, 2.75) is 143 Å². The van der Waals surface area contributed by atoms with Crippen molar-refractivity contribution in [3.63, 3.8) is 0 Å². The maximum absolute atomic E-state index is 12.6. The van der Waals surface area contributed by atoms with Gasteiger partial charge in [0.25, 0.3) is 0 Å². The summed E-state index contributed by atoms with van der Waals surface area (Å²) in [6, 6.07) is 7.83. The van der Waals surface area contributed by atoms with Crippen LogP contribution >= 0.6 is 0 Å². The van der Waals surface area contributed by atoms with E-state index in [1.807, 2.05) is 107 Å². The van der Waals surface area contributed by atoms with E-state index < -0.39 is 11.8 Å². The molecule has 0 atom stereocenters. The highest BCUT2D eigenvalue weighted by Crippen LogP contribution is 2.41. The fourth-order valence-corrected chi connectivity index (χ4v) is 5.66. The minimum absolute atomic E-state index is 0.0313. The Balaban J connectivity index is 1.89. The number of nitrogens with two attached hydrogens (primary N) is 1. The number of benzene rings is 2. The molecule has 0 aromatic heterocycles. The molecule has 0 aliphatic rings. The third-order valence-electron chi connectivity index (χ3n) is 8.67. The first-order chi connectivity index (χ1) is 21.8. The summed E-state index contributed by atoms with van der Waals surface area (Å²) in [7, 11) is 0. The van der Waals surface area contributed by atoms with Crippen LogP contribution in [0.4, 0.5) is 0 Å². The zero-order valence-corrected chi connectivity index (χ0v) is 31.6. The van der Waals surface area contributed by atoms with E-state index in [2.05, 4.69) is 0 Å². The molecule has 4 N–H and O–H groups in total. The Morgan fingerprint density at radius 1 is 0.583 bits per heavy atom. The van der Waals surface area contributed by atoms with Crippen LogP contribution in [0.25, 0.3) is 0 Å². The van der Waals surface area contributed by atoms with E-state index in [0.29, 0.717) is 24.3 Å². The van der Waals surface area contributed by atoms with E-state index in [0.717, 1.165) is 33.4 Å². The monoisotopic (exact) mass is 667 g/mol. The van der Waals surface area contributed by atoms with Crippen LogP contribution in [-0.4, -0.2) is 41.3 Å². The lowest BCUT2D eigenvalue weighted by Gasteiger charge is -2.28. The summed E-state index contributed by atoms with van der Waals surface area (Å²) in [5.41, 5.74) is 9.80. The molecule has 0 heterocycles. The van der Waals surface area contributed by atoms with Crippen molar-refractivity contribution < 1.29 is 34.1 Å². The van der Waals surface area contributed by atoms with Gasteiger partial charge in [-0.3, -0.25) is 14.4 Å². The Kier molecular flexibility index (Phi) is 13.4. The van der Waals surface area contributed by atoms with Crippen molar-refractivity contribution in [3.05, 3.63) is 57.6 Å². The smallest absolute Gasteiger partial charge is 0.306 e. The highest BCUT2D eigenvalue weighted by Gasteiger charge is 2.28. The van der Waals surface area contributed by atoms with E-state index in [-0.39, 0.29) is 72.5 Å². The molecule has 8 heteroatoms. The van der Waals surface area contributed by atoms with Gasteiger partial charge in [-0.15, -0.1) is 0 Å². The molecule has 0 saturated heterocycles. The molecule has 0 aliphatic carbocycles. The second kappa shape index (κ2) is 15.8. The summed E-state index contributed by atoms with van der Waals surface area (Å²) >= 11 is 0. The highest BCUT2D eigenvalue weighted by molar-refractivity contribution is 5.77. The average molecular weight is 668 g/mol. The normalized spacial score (nSPS) is 12.7. The maximum Gasteiger partial charge on any atom is 0.306 e. The van der Waals surface area contributed by atoms with E-state index in [9.17, 15) is 24.6 Å². The minimum Gasteiger partial charge on any atom is -0.507 e. The zero-order valence-electron chi connectivity index (χ0n) is 31.6. The van der Waals surface area contributed by atoms with Crippen LogP contribution in [-0.2, 0) is 58.4 Å². The standard InChI is InChI=1S/C40H61NO7/c1-37(2,3)28-21-25(22-29(34(28)44)38(4,5)6)13-15-32(42)47-19-17-27(36(41)46)18-20-48-33(43)16-14-26-23-30(39(7,8)9)35(45)31(24-26)40(10,11)12/h21-24,27,44-45H,13-20H2,1-12H3,(H2,41,46). The van der Waals surface area contributed by atoms with Gasteiger partial charge >= 0.3 is 11.9 Å². The van der Waals surface area contributed by atoms with Crippen LogP contribution in [0.15, 0.2) is 24.3 Å². The second-order valence-corrected chi connectivity index (χ2v) is 17.2. The van der Waals surface area contributed by atoms with Gasteiger partial charge in [0.2, 0.25) is 5.91 Å². The van der Waals surface area contributed by atoms with Crippen molar-refractivity contribution in [1.82, 2.24) is 0 Å². The second-order valence-electron chi connectivity index (χ2n) is 17.2. The van der Waals surface area contributed by atoms with Crippen LogP contribution in [0.2, 0.25) is 0 Å². The topological polar surface area (TPSA) is 136 Å². The van der Waals surface area contributed by atoms with E-state index in [1.54, 1.807) is 0 Å². The van der Waals surface area contributed by atoms with Gasteiger partial charge in [-0.2, -0.15) is 0 Å². The lowest BCUT2D eigenvalue weighted by Crippen LogP contribution is -2.26. The lowest BCUT2D eigenvalue weighted by atomic mass is 9.78. The van der Waals surface area contributed by atoms with Gasteiger partial charge in [-0.25, -0.2) is 0 Å². The van der Waals surface area contributed by atoms with Crippen molar-refractivity contribution in [3.8, 4) is 11.5 Å². The van der Waals surface area contributed by atoms with Crippen LogP contribution in [0.3, 0.4) is 0 Å². The molecule has 1 amide bonds. The summed E-state index contributed by atoms with van der Waals surface area (Å²) < 4.78 is 10.9. The summed E-state index contributed by atoms with van der Waals surface area (Å²) in [5.74, 6) is -1.31. The molecule has 0 aliphatic heterocycles. The zero-order chi connectivity index (χ0) is 36.8. The summed E-state index contributed by atoms with van der Waals surface area (Å²) in [6.45, 7) is 24.6. The minimum atomic E-state index is -0.604. The molecular formula is C40H61NO7. The predicted molar refractivity (Wildman–Crippen MR) is 191 cm³/mol. The SMILES string of the molecule is CC(C)(C)c1cc(CCC(=O)OCCC(CCOC(=O)CCc2cc(C(C)(C)C)c(O)c(C(C)(C)C)c2)C(N)=O)cc(C(C)(C)C)c1O. The van der Waals surface area contributed by atoms with E-state index >= 15 is 0 Å². The third kappa shape index (κ3) is 11.9. The number of phenolic OH excluding ortho intramolecular Hbond substituents is 2. The molecule has 0 fully saturated rings. The summed E-state index contributed by atoms with van der Waals surface area (Å²) in [6.07, 6.45) is 1.70. The molecule has 2 aromatic carbocycles. The first-order valence-electron chi connectivity index (χ1n) is 17.2. The van der Waals surface area contributed by atoms with Crippen LogP contribution < -0.4 is 5.73 Å². The van der Waals surface area contributed by atoms with Gasteiger partial charge in [0.05, 0.1) is 13.2 Å². The molecule has 0 saturated carbocycles. The summed E-state index contributed by atoms with van der Waals surface area (Å²) in [4.78, 5) is 37.3. The highest BCUT2D eigenvalue weighted by atomic mass is 16.5. The first kappa shape index (κ1) is 40.6. The molecule has 0 spiro atoms. The largest absolute Gasteiger partial charge is 0.507 e. The fourth-order valence-electron chi connectivity index (χ4n) is 5.66. The van der Waals surface area contributed by atoms with Crippen LogP contribution in [0.1, 0.15) is 142 Å². The molecular weight excluding hydrogens is 606 g/mol. The number of aromatic hydroxyl groups is 2. The van der Waals surface area contributed by atoms with Crippen LogP contribution in [0, 0.1) is 5.92 Å². The number of hydrogen-bond acceptors (Lipinski definition) is 7. The van der Waals surface area contributed by atoms with Gasteiger partial charge in [0, 0.05) is 18.8 Å². The van der Waals surface area contributed by atoms with E-state index in [4.69, 9.17) is 15.2 Å². The lowest BCUT2D eigenvalue weighted by molar-refractivity contribution is -0.145. The Bertz CT molecular complexity index is 1270. The van der Waals surface area contributed by atoms with E-state index in [1.165, 1.54) is 0 Å². The van der Waals surface area contributed by atoms with Gasteiger partial charge in [0.1, 0.15) is 11.5 Å². The van der Waals surface area contributed by atoms with Crippen molar-refractivity contribution in [2.24, 2.45) is 11.7 Å². The van der Waals surface area contributed by atoms with Gasteiger partial charge in [-0.1, -0.05) is 107 Å². The first-order valence-corrected chi connectivity index (χ1v) is 17.2. The number of ether oxygens (including phenoxy) is 2. The van der Waals surface area contributed by atoms with Crippen molar-refractivity contribution in [1.29, 1.82) is 0 Å². The predicted octanol–water partition coefficient (Wildman–Crippen LogP) is 7.82. The molecule has 2 rings (SSSR count).